The fourth-order valence-corrected chi connectivity index (χ4v) is 16.7. The Kier molecular flexibility index (Phi) is 18.0. The Morgan fingerprint density at radius 1 is 0.812 bits per heavy atom. The molecule has 3 aromatic carbocycles. The van der Waals surface area contributed by atoms with Crippen molar-refractivity contribution in [3.63, 3.8) is 0 Å². The second-order valence-electron chi connectivity index (χ2n) is 24.3. The van der Waals surface area contributed by atoms with Gasteiger partial charge < -0.3 is 52.4 Å². The van der Waals surface area contributed by atoms with Crippen LogP contribution in [0.3, 0.4) is 0 Å². The molecule has 436 valence electrons. The molecule has 0 aromatic heterocycles. The lowest BCUT2D eigenvalue weighted by Crippen LogP contribution is -2.82. The molecule has 4 aliphatic rings. The Bertz CT molecular complexity index is 2820. The van der Waals surface area contributed by atoms with Gasteiger partial charge in [0.15, 0.2) is 40.2 Å². The number of esters is 4. The Hall–Kier alpha value is -5.71. The minimum Gasteiger partial charge on any atom is -0.497 e. The normalized spacial score (nSPS) is 28.0. The Morgan fingerprint density at radius 3 is 1.89 bits per heavy atom. The van der Waals surface area contributed by atoms with Crippen LogP contribution >= 0.6 is 0 Å². The van der Waals surface area contributed by atoms with Crippen molar-refractivity contribution in [3.8, 4) is 11.5 Å². The van der Waals surface area contributed by atoms with Gasteiger partial charge in [-0.15, -0.1) is 0 Å². The van der Waals surface area contributed by atoms with E-state index >= 15 is 14.4 Å². The highest BCUT2D eigenvalue weighted by atomic mass is 28.4. The average molecular weight is 1140 g/mol. The van der Waals surface area contributed by atoms with Gasteiger partial charge in [0.25, 0.3) is 5.91 Å². The molecule has 2 bridgehead atoms. The molecule has 0 unspecified atom stereocenters. The van der Waals surface area contributed by atoms with Crippen molar-refractivity contribution < 1.29 is 75.9 Å². The van der Waals surface area contributed by atoms with Gasteiger partial charge in [-0.3, -0.25) is 19.2 Å². The van der Waals surface area contributed by atoms with Crippen molar-refractivity contribution >= 4 is 52.2 Å². The number of carbonyl (C=O) groups is 6. The van der Waals surface area contributed by atoms with E-state index in [2.05, 4.69) is 5.32 Å². The molecular formula is C61H83NO16Si2. The van der Waals surface area contributed by atoms with Crippen LogP contribution in [0.15, 0.2) is 90.0 Å². The van der Waals surface area contributed by atoms with Gasteiger partial charge in [0.2, 0.25) is 0 Å². The zero-order chi connectivity index (χ0) is 59.1. The van der Waals surface area contributed by atoms with Crippen LogP contribution in [0.25, 0.3) is 0 Å². The van der Waals surface area contributed by atoms with Gasteiger partial charge in [-0.1, -0.05) is 104 Å². The Balaban J connectivity index is 1.51. The number of aliphatic hydroxyl groups is 1. The fourth-order valence-electron chi connectivity index (χ4n) is 12.6. The predicted octanol–water partition coefficient (Wildman–Crippen LogP) is 9.81. The van der Waals surface area contributed by atoms with Crippen LogP contribution < -0.4 is 14.8 Å². The average Bonchev–Trinajstić information content (AvgIpc) is 3.60. The number of Topliss-reactive ketones (excluding diaryl/α,β-unsaturated/α-hetero) is 1. The summed E-state index contributed by atoms with van der Waals surface area (Å²) in [6.07, 6.45) is -8.94. The number of hydrogen-bond donors (Lipinski definition) is 2. The SMILES string of the molecule is CC[Si](CC)(CC)O[C@H]1C[C@H]2OC[C@@]2(OC(C)=O)[C@H]2[C@H](OC(=O)c3cc(OC)cc(OC)c3)[C@]3(O)C[C@H](OC(=O)[C@H](O[Si](C)(C)C(C)(C)C)[C@@H](NC(=O)c4ccccc4)c4ccccc4)C(C)=C([C@@H](OC(C)=O)C(=O)[C@]12C)C3(C)C. The van der Waals surface area contributed by atoms with Crippen molar-refractivity contribution in [2.75, 3.05) is 20.8 Å². The first-order chi connectivity index (χ1) is 37.4. The summed E-state index contributed by atoms with van der Waals surface area (Å²) in [5.41, 5.74) is -6.54. The molecular weight excluding hydrogens is 1060 g/mol. The quantitative estimate of drug-likeness (QED) is 0.0494. The van der Waals surface area contributed by atoms with E-state index in [4.69, 9.17) is 42.0 Å². The van der Waals surface area contributed by atoms with Gasteiger partial charge in [0.1, 0.15) is 35.4 Å². The topological polar surface area (TPSA) is 218 Å². The number of carbonyl (C=O) groups excluding carboxylic acids is 6. The summed E-state index contributed by atoms with van der Waals surface area (Å²) >= 11 is 0. The van der Waals surface area contributed by atoms with Crippen LogP contribution in [0.5, 0.6) is 11.5 Å². The molecule has 7 rings (SSSR count). The third-order valence-electron chi connectivity index (χ3n) is 18.6. The lowest BCUT2D eigenvalue weighted by atomic mass is 9.44. The van der Waals surface area contributed by atoms with E-state index in [-0.39, 0.29) is 41.2 Å². The number of benzene rings is 3. The lowest BCUT2D eigenvalue weighted by Gasteiger charge is -2.68. The third-order valence-corrected chi connectivity index (χ3v) is 27.7. The highest BCUT2D eigenvalue weighted by Gasteiger charge is 2.79. The van der Waals surface area contributed by atoms with E-state index in [1.165, 1.54) is 40.2 Å². The largest absolute Gasteiger partial charge is 0.497 e. The van der Waals surface area contributed by atoms with Crippen LogP contribution in [-0.2, 0) is 51.7 Å². The van der Waals surface area contributed by atoms with Gasteiger partial charge >= 0.3 is 23.9 Å². The maximum absolute atomic E-state index is 16.7. The van der Waals surface area contributed by atoms with Gasteiger partial charge in [0.05, 0.1) is 49.9 Å². The summed E-state index contributed by atoms with van der Waals surface area (Å²) in [4.78, 5) is 89.5. The highest BCUT2D eigenvalue weighted by molar-refractivity contribution is 6.74. The van der Waals surface area contributed by atoms with Crippen LogP contribution in [0.2, 0.25) is 36.3 Å². The summed E-state index contributed by atoms with van der Waals surface area (Å²) in [7, 11) is -2.82. The Morgan fingerprint density at radius 2 is 1.39 bits per heavy atom. The molecule has 17 nitrogen and oxygen atoms in total. The first-order valence-electron chi connectivity index (χ1n) is 27.8. The number of ketones is 1. The summed E-state index contributed by atoms with van der Waals surface area (Å²) in [6.45, 7) is 24.9. The van der Waals surface area contributed by atoms with E-state index in [1.54, 1.807) is 88.4 Å². The summed E-state index contributed by atoms with van der Waals surface area (Å²) in [5, 5.41) is 17.2. The minimum absolute atomic E-state index is 0.0442. The molecule has 0 radical (unpaired) electrons. The molecule has 1 saturated heterocycles. The van der Waals surface area contributed by atoms with Crippen molar-refractivity contribution in [1.29, 1.82) is 0 Å². The van der Waals surface area contributed by atoms with Gasteiger partial charge in [0, 0.05) is 43.7 Å². The van der Waals surface area contributed by atoms with Crippen LogP contribution in [0, 0.1) is 16.7 Å². The van der Waals surface area contributed by atoms with Crippen molar-refractivity contribution in [2.45, 2.75) is 186 Å². The number of hydrogen-bond acceptors (Lipinski definition) is 16. The molecule has 2 N–H and O–H groups in total. The van der Waals surface area contributed by atoms with Crippen LogP contribution in [-0.4, -0.2) is 126 Å². The molecule has 3 aliphatic carbocycles. The predicted molar refractivity (Wildman–Crippen MR) is 303 cm³/mol. The van der Waals surface area contributed by atoms with E-state index in [1.807, 2.05) is 60.7 Å². The standard InChI is InChI=1S/C61H83NO16Si2/c1-17-80(18-2,19-3)77-45-33-46-60(35-72-46,76-38(6)64)51-53(75-55(67)41-30-42(70-13)32-43(31-41)71-14)61(69)34-44(36(4)47(58(61,10)11)49(73-37(5)63)52(65)59(45,51)12)74-56(68)50(78-79(15,16)57(7,8)9)48(39-26-22-20-23-27-39)62-54(66)40-28-24-21-25-29-40/h20-32,44-46,48-51,53,69H,17-19,33-35H2,1-16H3,(H,62,66)/t44-,45-,46+,48-,49+,50+,51-,53-,59+,60-,61+/m0/s1. The molecule has 1 heterocycles. The van der Waals surface area contributed by atoms with Crippen LogP contribution in [0.4, 0.5) is 0 Å². The maximum atomic E-state index is 16.7. The monoisotopic (exact) mass is 1140 g/mol. The van der Waals surface area contributed by atoms with E-state index in [0.29, 0.717) is 29.3 Å². The molecule has 3 fully saturated rings. The molecule has 1 amide bonds. The Labute approximate surface area is 473 Å². The van der Waals surface area contributed by atoms with Crippen molar-refractivity contribution in [2.24, 2.45) is 16.7 Å². The molecule has 2 saturated carbocycles. The fraction of sp³-hybridized carbons (Fsp3) is 0.574. The van der Waals surface area contributed by atoms with E-state index < -0.39 is 134 Å². The van der Waals surface area contributed by atoms with Crippen molar-refractivity contribution in [1.82, 2.24) is 5.32 Å². The smallest absolute Gasteiger partial charge is 0.338 e. The van der Waals surface area contributed by atoms with Crippen molar-refractivity contribution in [3.05, 3.63) is 107 Å². The zero-order valence-electron chi connectivity index (χ0n) is 49.4. The number of methoxy groups -OCH3 is 2. The third kappa shape index (κ3) is 11.2. The van der Waals surface area contributed by atoms with E-state index in [0.717, 1.165) is 0 Å². The second kappa shape index (κ2) is 23.3. The minimum atomic E-state index is -2.97. The number of rotatable bonds is 19. The molecule has 80 heavy (non-hydrogen) atoms. The van der Waals surface area contributed by atoms with Gasteiger partial charge in [-0.2, -0.15) is 0 Å². The molecule has 19 heteroatoms. The van der Waals surface area contributed by atoms with E-state index in [9.17, 15) is 19.5 Å². The first-order valence-corrected chi connectivity index (χ1v) is 33.3. The first kappa shape index (κ1) is 61.9. The second-order valence-corrected chi connectivity index (χ2v) is 33.8. The highest BCUT2D eigenvalue weighted by Crippen LogP contribution is 2.65. The lowest BCUT2D eigenvalue weighted by molar-refractivity contribution is -0.344. The van der Waals surface area contributed by atoms with Gasteiger partial charge in [-0.25, -0.2) is 9.59 Å². The molecule has 3 aromatic rings. The molecule has 1 aliphatic heterocycles. The van der Waals surface area contributed by atoms with Crippen LogP contribution in [0.1, 0.15) is 128 Å². The summed E-state index contributed by atoms with van der Waals surface area (Å²) in [5.74, 6) is -5.58. The number of amides is 1. The maximum Gasteiger partial charge on any atom is 0.338 e. The van der Waals surface area contributed by atoms with Gasteiger partial charge in [-0.05, 0) is 91.1 Å². The number of fused-ring (bicyclic) bond motifs is 5. The zero-order valence-corrected chi connectivity index (χ0v) is 51.4. The molecule has 0 spiro atoms. The molecule has 11 atom stereocenters. The summed E-state index contributed by atoms with van der Waals surface area (Å²) < 4.78 is 58.4. The number of ether oxygens (including phenoxy) is 7. The summed E-state index contributed by atoms with van der Waals surface area (Å²) in [6, 6.07) is 22.8. The number of nitrogens with one attached hydrogen (secondary N) is 1.